The number of hydrogen-bond acceptors (Lipinski definition) is 10. The van der Waals surface area contributed by atoms with E-state index in [1.54, 1.807) is 12.3 Å². The molecule has 0 bridgehead atoms. The highest BCUT2D eigenvalue weighted by atomic mass is 32.2. The normalized spacial score (nSPS) is 20.2. The fourth-order valence-corrected chi connectivity index (χ4v) is 7.57. The Morgan fingerprint density at radius 1 is 0.978 bits per heavy atom. The number of nitrogens with one attached hydrogen (secondary N) is 3. The summed E-state index contributed by atoms with van der Waals surface area (Å²) in [6.07, 6.45) is 11.9. The Labute approximate surface area is 260 Å². The first-order valence-electron chi connectivity index (χ1n) is 15.6. The zero-order valence-corrected chi connectivity index (χ0v) is 25.6. The molecule has 0 spiro atoms. The third-order valence-electron chi connectivity index (χ3n) is 8.68. The van der Waals surface area contributed by atoms with E-state index in [0.717, 1.165) is 72.5 Å². The Morgan fingerprint density at radius 2 is 1.80 bits per heavy atom. The van der Waals surface area contributed by atoms with E-state index in [2.05, 4.69) is 41.8 Å². The third kappa shape index (κ3) is 6.69. The fourth-order valence-electron chi connectivity index (χ4n) is 6.09. The van der Waals surface area contributed by atoms with Gasteiger partial charge in [0.25, 0.3) is 16.4 Å². The van der Waals surface area contributed by atoms with Gasteiger partial charge in [-0.2, -0.15) is 14.3 Å². The average Bonchev–Trinajstić information content (AvgIpc) is 3.63. The van der Waals surface area contributed by atoms with Crippen molar-refractivity contribution in [2.75, 3.05) is 17.2 Å². The van der Waals surface area contributed by atoms with Crippen LogP contribution in [-0.4, -0.2) is 72.6 Å². The number of aryl methyl sites for hydroxylation is 2. The number of alkyl halides is 2. The molecule has 4 aromatic rings. The molecule has 0 aromatic carbocycles. The highest BCUT2D eigenvalue weighted by Crippen LogP contribution is 2.34. The van der Waals surface area contributed by atoms with Gasteiger partial charge in [-0.3, -0.25) is 4.68 Å². The topological polar surface area (TPSA) is 145 Å². The highest BCUT2D eigenvalue weighted by Gasteiger charge is 2.37. The smallest absolute Gasteiger partial charge is 0.256 e. The van der Waals surface area contributed by atoms with Crippen molar-refractivity contribution in [1.29, 1.82) is 0 Å². The van der Waals surface area contributed by atoms with Gasteiger partial charge in [0.1, 0.15) is 11.6 Å². The summed E-state index contributed by atoms with van der Waals surface area (Å²) in [5, 5.41) is 18.5. The van der Waals surface area contributed by atoms with E-state index in [-0.39, 0.29) is 23.9 Å². The first kappa shape index (κ1) is 29.7. The molecule has 4 aromatic heterocycles. The molecule has 0 atom stereocenters. The summed E-state index contributed by atoms with van der Waals surface area (Å²) in [6.45, 7) is 0.631. The van der Waals surface area contributed by atoms with Crippen LogP contribution in [0.4, 0.5) is 26.1 Å². The molecule has 2 fully saturated rings. The maximum Gasteiger partial charge on any atom is 0.256 e. The first-order chi connectivity index (χ1) is 21.8. The Bertz CT molecular complexity index is 1740. The molecule has 15 heteroatoms. The number of fused-ring (bicyclic) bond motifs is 1. The minimum atomic E-state index is -3.49. The summed E-state index contributed by atoms with van der Waals surface area (Å²) in [5.41, 5.74) is 4.36. The van der Waals surface area contributed by atoms with Crippen molar-refractivity contribution in [3.8, 4) is 22.6 Å². The lowest BCUT2D eigenvalue weighted by molar-refractivity contribution is 0.137. The van der Waals surface area contributed by atoms with Crippen LogP contribution >= 0.6 is 0 Å². The molecule has 0 amide bonds. The van der Waals surface area contributed by atoms with Crippen molar-refractivity contribution < 1.29 is 17.2 Å². The summed E-state index contributed by atoms with van der Waals surface area (Å²) >= 11 is 0. The second-order valence-corrected chi connectivity index (χ2v) is 14.1. The predicted octanol–water partition coefficient (Wildman–Crippen LogP) is 4.60. The van der Waals surface area contributed by atoms with Crippen molar-refractivity contribution in [3.05, 3.63) is 48.7 Å². The molecular formula is C30H36F2N10O2S. The van der Waals surface area contributed by atoms with Gasteiger partial charge >= 0.3 is 0 Å². The molecule has 0 unspecified atom stereocenters. The molecule has 2 saturated carbocycles. The second kappa shape index (κ2) is 12.4. The Balaban J connectivity index is 1.12. The van der Waals surface area contributed by atoms with Crippen LogP contribution in [0.5, 0.6) is 0 Å². The summed E-state index contributed by atoms with van der Waals surface area (Å²) in [6, 6.07) is 6.07. The van der Waals surface area contributed by atoms with Crippen LogP contribution in [0.15, 0.2) is 43.0 Å². The maximum absolute atomic E-state index is 12.7. The minimum Gasteiger partial charge on any atom is -0.382 e. The van der Waals surface area contributed by atoms with Crippen LogP contribution in [0.25, 0.3) is 22.6 Å². The van der Waals surface area contributed by atoms with Gasteiger partial charge in [-0.25, -0.2) is 32.2 Å². The molecule has 3 N–H and O–H groups in total. The lowest BCUT2D eigenvalue weighted by Gasteiger charge is -2.31. The van der Waals surface area contributed by atoms with Crippen LogP contribution < -0.4 is 16.0 Å². The van der Waals surface area contributed by atoms with Crippen LogP contribution in [0.3, 0.4) is 0 Å². The number of nitrogens with zero attached hydrogens (tertiary/aromatic N) is 7. The van der Waals surface area contributed by atoms with Crippen molar-refractivity contribution >= 4 is 27.3 Å². The van der Waals surface area contributed by atoms with E-state index < -0.39 is 16.4 Å². The molecule has 5 heterocycles. The van der Waals surface area contributed by atoms with Gasteiger partial charge in [-0.1, -0.05) is 0 Å². The van der Waals surface area contributed by atoms with E-state index in [1.807, 2.05) is 12.3 Å². The van der Waals surface area contributed by atoms with Gasteiger partial charge in [0.15, 0.2) is 5.82 Å². The molecule has 12 nitrogen and oxygen atoms in total. The van der Waals surface area contributed by atoms with Gasteiger partial charge in [-0.05, 0) is 69.9 Å². The summed E-state index contributed by atoms with van der Waals surface area (Å²) in [5.74, 6) is 1.40. The van der Waals surface area contributed by atoms with E-state index >= 15 is 0 Å². The quantitative estimate of drug-likeness (QED) is 0.213. The SMILES string of the molecule is O=S(=O)(C1CC1)n1cc(-c2nccc(Nc3cc(NC4CCC(NCC(F)F)CC4)c(-c4cc5n(n4)CCCC5)cn3)n2)cn1. The molecule has 0 radical (unpaired) electrons. The van der Waals surface area contributed by atoms with Gasteiger partial charge < -0.3 is 16.0 Å². The zero-order valence-electron chi connectivity index (χ0n) is 24.7. The number of rotatable bonds is 11. The van der Waals surface area contributed by atoms with Crippen LogP contribution in [0.2, 0.25) is 0 Å². The Morgan fingerprint density at radius 3 is 2.58 bits per heavy atom. The molecule has 238 valence electrons. The predicted molar refractivity (Wildman–Crippen MR) is 166 cm³/mol. The van der Waals surface area contributed by atoms with Gasteiger partial charge in [0.05, 0.1) is 35.4 Å². The number of anilines is 3. The number of hydrogen-bond donors (Lipinski definition) is 3. The minimum absolute atomic E-state index is 0.0962. The summed E-state index contributed by atoms with van der Waals surface area (Å²) < 4.78 is 53.6. The number of halogens is 2. The van der Waals surface area contributed by atoms with E-state index in [9.17, 15) is 17.2 Å². The third-order valence-corrected chi connectivity index (χ3v) is 10.7. The van der Waals surface area contributed by atoms with Gasteiger partial charge in [0, 0.05) is 54.0 Å². The second-order valence-electron chi connectivity index (χ2n) is 12.0. The highest BCUT2D eigenvalue weighted by molar-refractivity contribution is 7.90. The van der Waals surface area contributed by atoms with E-state index in [0.29, 0.717) is 35.9 Å². The zero-order chi connectivity index (χ0) is 31.0. The van der Waals surface area contributed by atoms with Crippen molar-refractivity contribution in [3.63, 3.8) is 0 Å². The van der Waals surface area contributed by atoms with Crippen LogP contribution in [-0.2, 0) is 23.0 Å². The first-order valence-corrected chi connectivity index (χ1v) is 17.1. The Hall–Kier alpha value is -3.98. The van der Waals surface area contributed by atoms with Gasteiger partial charge in [0.2, 0.25) is 0 Å². The molecule has 1 aliphatic heterocycles. The molecule has 45 heavy (non-hydrogen) atoms. The van der Waals surface area contributed by atoms with Gasteiger partial charge in [-0.15, -0.1) is 0 Å². The fraction of sp³-hybridized carbons (Fsp3) is 0.500. The van der Waals surface area contributed by atoms with Crippen LogP contribution in [0, 0.1) is 0 Å². The maximum atomic E-state index is 12.7. The largest absolute Gasteiger partial charge is 0.382 e. The molecule has 0 saturated heterocycles. The number of pyridine rings is 1. The summed E-state index contributed by atoms with van der Waals surface area (Å²) in [4.78, 5) is 13.6. The van der Waals surface area contributed by atoms with E-state index in [1.165, 1.54) is 18.1 Å². The van der Waals surface area contributed by atoms with Crippen molar-refractivity contribution in [2.45, 2.75) is 88.1 Å². The lowest BCUT2D eigenvalue weighted by atomic mass is 9.90. The van der Waals surface area contributed by atoms with Crippen molar-refractivity contribution in [1.82, 2.24) is 39.2 Å². The standard InChI is InChI=1S/C30H36F2N10O2S/c31-27(32)17-34-20-4-6-21(7-5-20)37-25-14-29(35-16-24(25)26-13-22-3-1-2-12-41(22)40-26)38-28-10-11-33-30(39-28)19-15-36-42(18-19)45(43,44)23-8-9-23/h10-11,13-16,18,20-21,23,27,34H,1-9,12,17H2,(H2,33,35,37,38,39). The molecule has 7 rings (SSSR count). The Kier molecular flexibility index (Phi) is 8.21. The van der Waals surface area contributed by atoms with Crippen molar-refractivity contribution in [2.24, 2.45) is 0 Å². The molecule has 3 aliphatic rings. The van der Waals surface area contributed by atoms with Crippen LogP contribution in [0.1, 0.15) is 57.1 Å². The lowest BCUT2D eigenvalue weighted by Crippen LogP contribution is -2.39. The summed E-state index contributed by atoms with van der Waals surface area (Å²) in [7, 11) is -3.49. The average molecular weight is 639 g/mol. The monoisotopic (exact) mass is 638 g/mol. The molecular weight excluding hydrogens is 602 g/mol. The molecule has 2 aliphatic carbocycles. The number of aromatic nitrogens is 7. The van der Waals surface area contributed by atoms with E-state index in [4.69, 9.17) is 10.1 Å².